The molecule has 5 aliphatic heterocycles. The minimum absolute atomic E-state index is 0.0167. The van der Waals surface area contributed by atoms with Crippen LogP contribution in [0.3, 0.4) is 0 Å². The van der Waals surface area contributed by atoms with Crippen molar-refractivity contribution in [2.24, 2.45) is 103 Å². The molecular formula is C72H108O20. The fraction of sp³-hybridized carbons (Fsp3) is 0.861. The van der Waals surface area contributed by atoms with E-state index in [9.17, 15) is 47.9 Å². The summed E-state index contributed by atoms with van der Waals surface area (Å²) in [4.78, 5) is 119. The van der Waals surface area contributed by atoms with E-state index in [4.69, 9.17) is 47.4 Å². The summed E-state index contributed by atoms with van der Waals surface area (Å²) in [5, 5.41) is 0. The quantitative estimate of drug-likeness (QED) is 0.109. The minimum atomic E-state index is -0.696. The highest BCUT2D eigenvalue weighted by atomic mass is 16.6. The van der Waals surface area contributed by atoms with Gasteiger partial charge in [0, 0.05) is 53.3 Å². The molecule has 8 bridgehead atoms. The number of rotatable bonds is 15. The van der Waals surface area contributed by atoms with Gasteiger partial charge in [0.05, 0.1) is 63.8 Å². The van der Waals surface area contributed by atoms with Gasteiger partial charge in [0.25, 0.3) is 0 Å². The Morgan fingerprint density at radius 3 is 1.50 bits per heavy atom. The van der Waals surface area contributed by atoms with Crippen molar-refractivity contribution in [2.75, 3.05) is 6.61 Å². The van der Waals surface area contributed by atoms with Gasteiger partial charge in [0.2, 0.25) is 0 Å². The monoisotopic (exact) mass is 1290 g/mol. The summed E-state index contributed by atoms with van der Waals surface area (Å²) < 4.78 is 55.2. The molecule has 516 valence electrons. The number of hydrogen-bond donors (Lipinski definition) is 0. The van der Waals surface area contributed by atoms with Crippen molar-refractivity contribution >= 4 is 59.7 Å². The summed E-state index contributed by atoms with van der Waals surface area (Å²) in [6.45, 7) is 39.3. The van der Waals surface area contributed by atoms with Crippen molar-refractivity contribution in [1.29, 1.82) is 0 Å². The normalized spacial score (nSPS) is 39.4. The first-order valence-electron chi connectivity index (χ1n) is 34.6. The lowest BCUT2D eigenvalue weighted by Crippen LogP contribution is -2.47. The summed E-state index contributed by atoms with van der Waals surface area (Å²) in [7, 11) is 0. The first-order chi connectivity index (χ1) is 42.5. The number of carbonyl (C=O) groups excluding carboxylic acids is 10. The molecule has 20 nitrogen and oxygen atoms in total. The van der Waals surface area contributed by atoms with Crippen LogP contribution in [0.25, 0.3) is 0 Å². The van der Waals surface area contributed by atoms with Crippen LogP contribution in [0.1, 0.15) is 228 Å². The molecule has 21 atom stereocenters. The molecule has 20 heteroatoms. The Labute approximate surface area is 544 Å². The molecule has 5 saturated heterocycles. The van der Waals surface area contributed by atoms with Crippen molar-refractivity contribution in [1.82, 2.24) is 0 Å². The van der Waals surface area contributed by atoms with Crippen molar-refractivity contribution in [3.8, 4) is 0 Å². The molecule has 13 rings (SSSR count). The average Bonchev–Trinajstić information content (AvgIpc) is 1.56. The molecule has 0 aromatic rings. The van der Waals surface area contributed by atoms with Crippen LogP contribution in [-0.4, -0.2) is 120 Å². The highest BCUT2D eigenvalue weighted by Crippen LogP contribution is 2.66. The smallest absolute Gasteiger partial charge is 0.312 e. The van der Waals surface area contributed by atoms with Crippen LogP contribution >= 0.6 is 0 Å². The van der Waals surface area contributed by atoms with E-state index in [0.717, 1.165) is 70.6 Å². The van der Waals surface area contributed by atoms with E-state index in [1.54, 1.807) is 6.92 Å². The van der Waals surface area contributed by atoms with Crippen molar-refractivity contribution in [2.45, 2.75) is 282 Å². The Morgan fingerprint density at radius 2 is 0.946 bits per heavy atom. The maximum absolute atomic E-state index is 12.3. The molecule has 13 aliphatic rings. The number of cyclic esters (lactones) is 1. The predicted molar refractivity (Wildman–Crippen MR) is 331 cm³/mol. The average molecular weight is 1290 g/mol. The first kappa shape index (κ1) is 71.0. The van der Waals surface area contributed by atoms with Crippen LogP contribution in [0.2, 0.25) is 0 Å². The third-order valence-electron chi connectivity index (χ3n) is 25.5. The van der Waals surface area contributed by atoms with Gasteiger partial charge in [-0.3, -0.25) is 47.9 Å². The van der Waals surface area contributed by atoms with Gasteiger partial charge in [-0.15, -0.1) is 0 Å². The second-order valence-electron chi connectivity index (χ2n) is 33.9. The molecule has 5 heterocycles. The van der Waals surface area contributed by atoms with Crippen LogP contribution in [-0.2, 0) is 95.3 Å². The Hall–Kier alpha value is -5.30. The van der Waals surface area contributed by atoms with Gasteiger partial charge in [-0.2, -0.15) is 0 Å². The molecular weight excluding hydrogens is 1180 g/mol. The standard InChI is InChI=1S/C16H24O4.2C15H22O4.C14H20O4.C12H20O4/c1-6-15(2,3)14(18)20-11-9-7-8-10(16(9,4)5)12(11)19-13(8)17;1-5-14(2,3)13(17)19-11-10-8-6-15(11,4)7-9(8)12(16)18-10;1-5-14(2,3)13(17)18-11-8-6-9-10(7-8)15(11,4)19-12(9)16;1-4-14(2,3)13(16)18-10-7-5-8-9(6-7)12(15)17-11(8)10;1-5-11(2,3)10(14)16-12(4)6-7-15-9(13)8-12/h8-12H,6-7H2,1-5H3;2*8-11H,5-7H2,1-4H3;7-11H,4-6H2,1-3H3;5-8H2,1-4H3. The van der Waals surface area contributed by atoms with E-state index in [1.807, 2.05) is 111 Å². The van der Waals surface area contributed by atoms with E-state index in [-0.39, 0.29) is 167 Å². The van der Waals surface area contributed by atoms with E-state index < -0.39 is 38.3 Å². The molecule has 0 aromatic heterocycles. The first-order valence-corrected chi connectivity index (χ1v) is 34.6. The lowest BCUT2D eigenvalue weighted by Gasteiger charge is -2.36. The highest BCUT2D eigenvalue weighted by Gasteiger charge is 2.73. The topological polar surface area (TPSA) is 263 Å². The zero-order chi connectivity index (χ0) is 68.3. The fourth-order valence-corrected chi connectivity index (χ4v) is 17.1. The number of ether oxygens (including phenoxy) is 10. The molecule has 0 amide bonds. The Morgan fingerprint density at radius 1 is 0.467 bits per heavy atom. The van der Waals surface area contributed by atoms with Crippen LogP contribution in [0.5, 0.6) is 0 Å². The second kappa shape index (κ2) is 24.7. The van der Waals surface area contributed by atoms with Gasteiger partial charge in [0.15, 0.2) is 0 Å². The maximum Gasteiger partial charge on any atom is 0.312 e. The molecule has 0 N–H and O–H groups in total. The molecule has 13 fully saturated rings. The molecule has 8 aliphatic carbocycles. The Balaban J connectivity index is 0.000000136. The van der Waals surface area contributed by atoms with Crippen LogP contribution in [0.4, 0.5) is 0 Å². The third kappa shape index (κ3) is 12.5. The summed E-state index contributed by atoms with van der Waals surface area (Å²) in [5.74, 6) is 0.484. The maximum atomic E-state index is 12.3. The molecule has 0 radical (unpaired) electrons. The van der Waals surface area contributed by atoms with Crippen molar-refractivity contribution in [3.63, 3.8) is 0 Å². The molecule has 92 heavy (non-hydrogen) atoms. The summed E-state index contributed by atoms with van der Waals surface area (Å²) in [6.07, 6.45) is 9.01. The number of fused-ring (bicyclic) bond motifs is 4. The van der Waals surface area contributed by atoms with Gasteiger partial charge in [-0.05, 0) is 166 Å². The zero-order valence-electron chi connectivity index (χ0n) is 58.7. The summed E-state index contributed by atoms with van der Waals surface area (Å²) >= 11 is 0. The van der Waals surface area contributed by atoms with Crippen molar-refractivity contribution < 1.29 is 95.3 Å². The molecule has 0 aromatic carbocycles. The second-order valence-corrected chi connectivity index (χ2v) is 33.9. The molecule has 0 spiro atoms. The van der Waals surface area contributed by atoms with Crippen LogP contribution in [0.15, 0.2) is 0 Å². The Kier molecular flexibility index (Phi) is 19.1. The summed E-state index contributed by atoms with van der Waals surface area (Å²) in [5.41, 5.74) is -3.71. The third-order valence-corrected chi connectivity index (χ3v) is 25.5. The lowest BCUT2D eigenvalue weighted by molar-refractivity contribution is -0.182. The zero-order valence-corrected chi connectivity index (χ0v) is 58.7. The number of esters is 10. The summed E-state index contributed by atoms with van der Waals surface area (Å²) in [6, 6.07) is 0. The van der Waals surface area contributed by atoms with Crippen molar-refractivity contribution in [3.05, 3.63) is 0 Å². The number of carbonyl (C=O) groups is 10. The van der Waals surface area contributed by atoms with Crippen LogP contribution in [0, 0.1) is 103 Å². The highest BCUT2D eigenvalue weighted by molar-refractivity contribution is 5.82. The Bertz CT molecular complexity index is 2910. The van der Waals surface area contributed by atoms with Gasteiger partial charge < -0.3 is 47.4 Å². The van der Waals surface area contributed by atoms with Gasteiger partial charge in [-0.1, -0.05) is 55.4 Å². The van der Waals surface area contributed by atoms with E-state index in [0.29, 0.717) is 37.2 Å². The van der Waals surface area contributed by atoms with Gasteiger partial charge >= 0.3 is 59.7 Å². The van der Waals surface area contributed by atoms with Gasteiger partial charge in [0.1, 0.15) is 53.9 Å². The largest absolute Gasteiger partial charge is 0.465 e. The molecule has 21 unspecified atom stereocenters. The SMILES string of the molecule is CCC(C)(C)C(=O)OC1(C)CCOC(=O)C1.CCC(C)(C)C(=O)OC1C2CC3C(=O)OC1(C)C3C2.CCC(C)(C)C(=O)OC1C2CC3C(=O)OC1C3C2.CCC(C)(C)C(=O)OC1C2OC(=O)C3CC1(C)CC32.CCC(C)(C)C(=O)OC1C2OC(=O)C3CC1C(C)(C)C32. The number of hydrogen-bond acceptors (Lipinski definition) is 20. The van der Waals surface area contributed by atoms with Crippen LogP contribution < -0.4 is 0 Å². The minimum Gasteiger partial charge on any atom is -0.465 e. The van der Waals surface area contributed by atoms with E-state index >= 15 is 0 Å². The fourth-order valence-electron chi connectivity index (χ4n) is 17.1. The lowest BCUT2D eigenvalue weighted by atomic mass is 9.79. The predicted octanol–water partition coefficient (Wildman–Crippen LogP) is 11.1. The van der Waals surface area contributed by atoms with E-state index in [1.165, 1.54) is 0 Å². The molecule has 8 saturated carbocycles. The van der Waals surface area contributed by atoms with E-state index in [2.05, 4.69) is 20.8 Å². The van der Waals surface area contributed by atoms with Gasteiger partial charge in [-0.25, -0.2) is 0 Å².